The molecule has 0 radical (unpaired) electrons. The number of hydrogen-bond acceptors (Lipinski definition) is 6. The molecule has 0 fully saturated rings. The summed E-state index contributed by atoms with van der Waals surface area (Å²) in [6.45, 7) is 5.31. The third kappa shape index (κ3) is 4.44. The molecule has 0 aromatic heterocycles. The lowest BCUT2D eigenvalue weighted by atomic mass is 10.2. The number of hydrogen-bond donors (Lipinski definition) is 0. The monoisotopic (exact) mass is 369 g/mol. The van der Waals surface area contributed by atoms with Crippen molar-refractivity contribution < 1.29 is 26.7 Å². The molecule has 2 aromatic carbocycles. The van der Waals surface area contributed by atoms with Gasteiger partial charge in [-0.25, -0.2) is 4.39 Å². The van der Waals surface area contributed by atoms with E-state index in [9.17, 15) is 22.9 Å². The minimum absolute atomic E-state index is 0.0904. The highest BCUT2D eigenvalue weighted by atomic mass is 32.2. The van der Waals surface area contributed by atoms with Gasteiger partial charge in [-0.05, 0) is 50.6 Å². The Morgan fingerprint density at radius 2 is 1.80 bits per heavy atom. The van der Waals surface area contributed by atoms with Gasteiger partial charge in [-0.15, -0.1) is 0 Å². The summed E-state index contributed by atoms with van der Waals surface area (Å²) >= 11 is 0. The predicted molar refractivity (Wildman–Crippen MR) is 87.8 cm³/mol. The van der Waals surface area contributed by atoms with Crippen molar-refractivity contribution in [3.05, 3.63) is 57.9 Å². The Hall–Kier alpha value is -2.68. The molecule has 0 saturated carbocycles. The Morgan fingerprint density at radius 3 is 2.36 bits per heavy atom. The fraction of sp³-hybridized carbons (Fsp3) is 0.250. The van der Waals surface area contributed by atoms with Crippen molar-refractivity contribution in [3.63, 3.8) is 0 Å². The van der Waals surface area contributed by atoms with E-state index in [1.54, 1.807) is 6.92 Å². The minimum atomic E-state index is -4.38. The van der Waals surface area contributed by atoms with Crippen LogP contribution in [0.1, 0.15) is 19.4 Å². The Bertz CT molecular complexity index is 911. The molecule has 0 aliphatic heterocycles. The van der Waals surface area contributed by atoms with E-state index in [0.717, 1.165) is 12.1 Å². The molecule has 0 unspecified atom stereocenters. The van der Waals surface area contributed by atoms with Gasteiger partial charge < -0.3 is 8.92 Å². The first-order valence-electron chi connectivity index (χ1n) is 7.26. The van der Waals surface area contributed by atoms with Crippen LogP contribution in [0.4, 0.5) is 10.1 Å². The molecule has 2 aromatic rings. The maximum absolute atomic E-state index is 13.3. The van der Waals surface area contributed by atoms with Crippen LogP contribution in [0.15, 0.2) is 41.3 Å². The fourth-order valence-electron chi connectivity index (χ4n) is 2.04. The first kappa shape index (κ1) is 18.7. The van der Waals surface area contributed by atoms with Gasteiger partial charge in [-0.1, -0.05) is 0 Å². The van der Waals surface area contributed by atoms with Gasteiger partial charge in [0, 0.05) is 12.1 Å². The van der Waals surface area contributed by atoms with Gasteiger partial charge in [0.25, 0.3) is 0 Å². The number of nitro benzene ring substituents is 1. The molecule has 0 spiro atoms. The summed E-state index contributed by atoms with van der Waals surface area (Å²) < 4.78 is 48.4. The third-order valence-corrected chi connectivity index (χ3v) is 4.35. The van der Waals surface area contributed by atoms with Crippen LogP contribution in [-0.4, -0.2) is 19.4 Å². The Kier molecular flexibility index (Phi) is 5.27. The standard InChI is InChI=1S/C16H16FNO6S/c1-10(2)23-15-7-5-13(8-11(15)3)25(21,22)24-16-9-12(17)4-6-14(16)18(19)20/h4-10H,1-3H3. The van der Waals surface area contributed by atoms with Crippen molar-refractivity contribution in [2.45, 2.75) is 31.8 Å². The predicted octanol–water partition coefficient (Wildman–Crippen LogP) is 3.60. The van der Waals surface area contributed by atoms with Gasteiger partial charge in [0.2, 0.25) is 5.75 Å². The number of nitro groups is 1. The molecule has 0 saturated heterocycles. The number of ether oxygens (including phenoxy) is 1. The van der Waals surface area contributed by atoms with E-state index >= 15 is 0 Å². The zero-order valence-corrected chi connectivity index (χ0v) is 14.5. The fourth-order valence-corrected chi connectivity index (χ4v) is 3.06. The van der Waals surface area contributed by atoms with Gasteiger partial charge in [0.15, 0.2) is 0 Å². The second kappa shape index (κ2) is 7.06. The van der Waals surface area contributed by atoms with Gasteiger partial charge >= 0.3 is 15.8 Å². The summed E-state index contributed by atoms with van der Waals surface area (Å²) in [4.78, 5) is 9.87. The molecule has 0 N–H and O–H groups in total. The summed E-state index contributed by atoms with van der Waals surface area (Å²) in [5.41, 5.74) is -0.103. The Labute approximate surface area is 144 Å². The van der Waals surface area contributed by atoms with Crippen molar-refractivity contribution in [1.29, 1.82) is 0 Å². The van der Waals surface area contributed by atoms with E-state index in [1.807, 2.05) is 13.8 Å². The second-order valence-electron chi connectivity index (χ2n) is 5.50. The lowest BCUT2D eigenvalue weighted by molar-refractivity contribution is -0.385. The molecule has 134 valence electrons. The van der Waals surface area contributed by atoms with E-state index in [1.165, 1.54) is 18.2 Å². The van der Waals surface area contributed by atoms with E-state index in [-0.39, 0.29) is 11.0 Å². The Balaban J connectivity index is 2.39. The molecule has 25 heavy (non-hydrogen) atoms. The first-order valence-corrected chi connectivity index (χ1v) is 8.66. The van der Waals surface area contributed by atoms with Crippen molar-refractivity contribution in [1.82, 2.24) is 0 Å². The van der Waals surface area contributed by atoms with E-state index < -0.39 is 32.3 Å². The van der Waals surface area contributed by atoms with Gasteiger partial charge in [0.1, 0.15) is 16.5 Å². The first-order chi connectivity index (χ1) is 11.6. The maximum atomic E-state index is 13.3. The molecule has 9 heteroatoms. The highest BCUT2D eigenvalue weighted by Crippen LogP contribution is 2.31. The second-order valence-corrected chi connectivity index (χ2v) is 7.05. The third-order valence-electron chi connectivity index (χ3n) is 3.12. The molecule has 0 aliphatic rings. The van der Waals surface area contributed by atoms with Crippen LogP contribution < -0.4 is 8.92 Å². The molecule has 0 bridgehead atoms. The molecule has 0 atom stereocenters. The summed E-state index contributed by atoms with van der Waals surface area (Å²) in [6.07, 6.45) is -0.0904. The van der Waals surface area contributed by atoms with Crippen LogP contribution in [0.3, 0.4) is 0 Å². The average Bonchev–Trinajstić information content (AvgIpc) is 2.48. The van der Waals surface area contributed by atoms with Crippen molar-refractivity contribution in [2.24, 2.45) is 0 Å². The van der Waals surface area contributed by atoms with E-state index in [4.69, 9.17) is 8.92 Å². The van der Waals surface area contributed by atoms with Gasteiger partial charge in [-0.2, -0.15) is 8.42 Å². The summed E-state index contributed by atoms with van der Waals surface area (Å²) in [7, 11) is -4.38. The molecule has 0 heterocycles. The topological polar surface area (TPSA) is 95.7 Å². The largest absolute Gasteiger partial charge is 0.491 e. The lowest BCUT2D eigenvalue weighted by Gasteiger charge is -2.13. The summed E-state index contributed by atoms with van der Waals surface area (Å²) in [5.74, 6) is -1.04. The molecule has 7 nitrogen and oxygen atoms in total. The summed E-state index contributed by atoms with van der Waals surface area (Å²) in [5, 5.41) is 10.9. The van der Waals surface area contributed by atoms with E-state index in [2.05, 4.69) is 0 Å². The Morgan fingerprint density at radius 1 is 1.12 bits per heavy atom. The SMILES string of the molecule is Cc1cc(S(=O)(=O)Oc2cc(F)ccc2[N+](=O)[O-])ccc1OC(C)C. The normalized spacial score (nSPS) is 11.4. The molecular weight excluding hydrogens is 353 g/mol. The number of halogens is 1. The van der Waals surface area contributed by atoms with Gasteiger partial charge in [-0.3, -0.25) is 10.1 Å². The van der Waals surface area contributed by atoms with E-state index in [0.29, 0.717) is 17.4 Å². The quantitative estimate of drug-likeness (QED) is 0.439. The van der Waals surface area contributed by atoms with Crippen LogP contribution in [0, 0.1) is 22.9 Å². The highest BCUT2D eigenvalue weighted by molar-refractivity contribution is 7.87. The van der Waals surface area contributed by atoms with Crippen LogP contribution in [0.2, 0.25) is 0 Å². The highest BCUT2D eigenvalue weighted by Gasteiger charge is 2.24. The molecular formula is C16H16FNO6S. The number of aryl methyl sites for hydroxylation is 1. The van der Waals surface area contributed by atoms with Crippen LogP contribution in [0.25, 0.3) is 0 Å². The zero-order valence-electron chi connectivity index (χ0n) is 13.7. The number of nitrogens with zero attached hydrogens (tertiary/aromatic N) is 1. The van der Waals surface area contributed by atoms with Crippen LogP contribution in [-0.2, 0) is 10.1 Å². The summed E-state index contributed by atoms with van der Waals surface area (Å²) in [6, 6.07) is 6.37. The van der Waals surface area contributed by atoms with Crippen molar-refractivity contribution >= 4 is 15.8 Å². The average molecular weight is 369 g/mol. The number of benzene rings is 2. The number of rotatable bonds is 6. The minimum Gasteiger partial charge on any atom is -0.491 e. The zero-order chi connectivity index (χ0) is 18.8. The molecule has 2 rings (SSSR count). The van der Waals surface area contributed by atoms with Gasteiger partial charge in [0.05, 0.1) is 11.0 Å². The maximum Gasteiger partial charge on any atom is 0.339 e. The molecule has 0 amide bonds. The molecule has 0 aliphatic carbocycles. The van der Waals surface area contributed by atoms with Crippen LogP contribution in [0.5, 0.6) is 11.5 Å². The lowest BCUT2D eigenvalue weighted by Crippen LogP contribution is -2.12. The van der Waals surface area contributed by atoms with Crippen molar-refractivity contribution in [2.75, 3.05) is 0 Å². The smallest absolute Gasteiger partial charge is 0.339 e. The van der Waals surface area contributed by atoms with Crippen LogP contribution >= 0.6 is 0 Å². The van der Waals surface area contributed by atoms with Crippen molar-refractivity contribution in [3.8, 4) is 11.5 Å².